The quantitative estimate of drug-likeness (QED) is 0.851. The Balaban J connectivity index is 1.72. The SMILES string of the molecule is COC(=O)C(c1ccccc1)C1(O)CCN(Cc2ccccc2)CC1. The number of methoxy groups -OCH3 is 1. The molecular weight excluding hydrogens is 314 g/mol. The van der Waals surface area contributed by atoms with Gasteiger partial charge in [0.05, 0.1) is 12.7 Å². The Bertz CT molecular complexity index is 679. The fourth-order valence-corrected chi connectivity index (χ4v) is 3.66. The topological polar surface area (TPSA) is 49.8 Å². The molecule has 4 heteroatoms. The predicted molar refractivity (Wildman–Crippen MR) is 97.1 cm³/mol. The van der Waals surface area contributed by atoms with Crippen LogP contribution < -0.4 is 0 Å². The maximum Gasteiger partial charge on any atom is 0.316 e. The van der Waals surface area contributed by atoms with Crippen LogP contribution in [-0.4, -0.2) is 41.8 Å². The van der Waals surface area contributed by atoms with Gasteiger partial charge in [-0.1, -0.05) is 60.7 Å². The molecule has 1 atom stereocenters. The minimum absolute atomic E-state index is 0.370. The maximum atomic E-state index is 12.4. The van der Waals surface area contributed by atoms with Crippen molar-refractivity contribution in [2.24, 2.45) is 0 Å². The van der Waals surface area contributed by atoms with Gasteiger partial charge in [-0.15, -0.1) is 0 Å². The third-order valence-corrected chi connectivity index (χ3v) is 5.08. The first-order valence-electron chi connectivity index (χ1n) is 8.74. The molecule has 0 saturated carbocycles. The lowest BCUT2D eigenvalue weighted by Gasteiger charge is -2.42. The monoisotopic (exact) mass is 339 g/mol. The van der Waals surface area contributed by atoms with E-state index in [1.165, 1.54) is 12.7 Å². The smallest absolute Gasteiger partial charge is 0.316 e. The van der Waals surface area contributed by atoms with Crippen LogP contribution in [0.4, 0.5) is 0 Å². The normalized spacial score (nSPS) is 18.5. The van der Waals surface area contributed by atoms with Gasteiger partial charge in [-0.3, -0.25) is 9.69 Å². The molecule has 0 spiro atoms. The lowest BCUT2D eigenvalue weighted by atomic mass is 9.75. The van der Waals surface area contributed by atoms with Crippen molar-refractivity contribution < 1.29 is 14.6 Å². The van der Waals surface area contributed by atoms with Gasteiger partial charge in [-0.05, 0) is 24.0 Å². The second-order valence-corrected chi connectivity index (χ2v) is 6.73. The summed E-state index contributed by atoms with van der Waals surface area (Å²) >= 11 is 0. The molecule has 3 rings (SSSR count). The number of piperidine rings is 1. The van der Waals surface area contributed by atoms with Crippen molar-refractivity contribution >= 4 is 5.97 Å². The van der Waals surface area contributed by atoms with Crippen LogP contribution in [0.25, 0.3) is 0 Å². The van der Waals surface area contributed by atoms with E-state index in [9.17, 15) is 9.90 Å². The lowest BCUT2D eigenvalue weighted by Crippen LogP contribution is -2.50. The van der Waals surface area contributed by atoms with Gasteiger partial charge in [0.25, 0.3) is 0 Å². The number of ether oxygens (including phenoxy) is 1. The Morgan fingerprint density at radius 2 is 1.64 bits per heavy atom. The van der Waals surface area contributed by atoms with E-state index in [-0.39, 0.29) is 5.97 Å². The molecule has 25 heavy (non-hydrogen) atoms. The van der Waals surface area contributed by atoms with Gasteiger partial charge in [-0.25, -0.2) is 0 Å². The van der Waals surface area contributed by atoms with E-state index >= 15 is 0 Å². The molecule has 0 aromatic heterocycles. The number of hydrogen-bond donors (Lipinski definition) is 1. The number of esters is 1. The average molecular weight is 339 g/mol. The molecule has 0 amide bonds. The van der Waals surface area contributed by atoms with E-state index in [0.29, 0.717) is 12.8 Å². The van der Waals surface area contributed by atoms with Crippen molar-refractivity contribution in [2.45, 2.75) is 30.9 Å². The Hall–Kier alpha value is -2.17. The maximum absolute atomic E-state index is 12.4. The minimum atomic E-state index is -1.07. The first kappa shape index (κ1) is 17.6. The van der Waals surface area contributed by atoms with Crippen LogP contribution in [0.3, 0.4) is 0 Å². The Morgan fingerprint density at radius 3 is 2.20 bits per heavy atom. The van der Waals surface area contributed by atoms with Crippen LogP contribution in [0.2, 0.25) is 0 Å². The first-order valence-corrected chi connectivity index (χ1v) is 8.74. The highest BCUT2D eigenvalue weighted by atomic mass is 16.5. The number of nitrogens with zero attached hydrogens (tertiary/aromatic N) is 1. The van der Waals surface area contributed by atoms with Gasteiger partial charge >= 0.3 is 5.97 Å². The minimum Gasteiger partial charge on any atom is -0.468 e. The van der Waals surface area contributed by atoms with E-state index in [0.717, 1.165) is 25.2 Å². The second-order valence-electron chi connectivity index (χ2n) is 6.73. The zero-order valence-electron chi connectivity index (χ0n) is 14.6. The van der Waals surface area contributed by atoms with Crippen LogP contribution in [0.15, 0.2) is 60.7 Å². The van der Waals surface area contributed by atoms with Crippen LogP contribution >= 0.6 is 0 Å². The average Bonchev–Trinajstić information content (AvgIpc) is 2.65. The van der Waals surface area contributed by atoms with Crippen LogP contribution in [0.1, 0.15) is 29.9 Å². The molecule has 1 aliphatic rings. The van der Waals surface area contributed by atoms with Crippen molar-refractivity contribution in [3.05, 3.63) is 71.8 Å². The molecule has 1 aliphatic heterocycles. The Morgan fingerprint density at radius 1 is 1.08 bits per heavy atom. The number of carbonyl (C=O) groups excluding carboxylic acids is 1. The van der Waals surface area contributed by atoms with E-state index in [4.69, 9.17) is 4.74 Å². The summed E-state index contributed by atoms with van der Waals surface area (Å²) in [6, 6.07) is 19.8. The molecule has 1 fully saturated rings. The largest absolute Gasteiger partial charge is 0.468 e. The molecule has 132 valence electrons. The summed E-state index contributed by atoms with van der Waals surface area (Å²) in [4.78, 5) is 14.7. The first-order chi connectivity index (χ1) is 12.1. The molecule has 2 aromatic rings. The van der Waals surface area contributed by atoms with E-state index in [1.807, 2.05) is 48.5 Å². The second kappa shape index (κ2) is 7.81. The van der Waals surface area contributed by atoms with Gasteiger partial charge in [0.15, 0.2) is 0 Å². The van der Waals surface area contributed by atoms with Crippen molar-refractivity contribution in [1.82, 2.24) is 4.90 Å². The van der Waals surface area contributed by atoms with Gasteiger partial charge in [-0.2, -0.15) is 0 Å². The predicted octanol–water partition coefficient (Wildman–Crippen LogP) is 2.97. The molecule has 0 aliphatic carbocycles. The number of hydrogen-bond acceptors (Lipinski definition) is 4. The van der Waals surface area contributed by atoms with Gasteiger partial charge in [0.1, 0.15) is 5.92 Å². The summed E-state index contributed by atoms with van der Waals surface area (Å²) in [6.45, 7) is 2.38. The van der Waals surface area contributed by atoms with Gasteiger partial charge in [0, 0.05) is 19.6 Å². The van der Waals surface area contributed by atoms with E-state index in [1.54, 1.807) is 0 Å². The molecule has 0 bridgehead atoms. The van der Waals surface area contributed by atoms with Crippen molar-refractivity contribution in [2.75, 3.05) is 20.2 Å². The van der Waals surface area contributed by atoms with E-state index in [2.05, 4.69) is 17.0 Å². The summed E-state index contributed by atoms with van der Waals surface area (Å²) in [6.07, 6.45) is 1.10. The van der Waals surface area contributed by atoms with Crippen molar-refractivity contribution in [3.63, 3.8) is 0 Å². The standard InChI is InChI=1S/C21H25NO3/c1-25-20(23)19(18-10-6-3-7-11-18)21(24)12-14-22(15-13-21)16-17-8-4-2-5-9-17/h2-11,19,24H,12-16H2,1H3. The highest BCUT2D eigenvalue weighted by Gasteiger charge is 2.45. The number of carbonyl (C=O) groups is 1. The highest BCUT2D eigenvalue weighted by molar-refractivity contribution is 5.79. The Labute approximate surface area is 149 Å². The fraction of sp³-hybridized carbons (Fsp3) is 0.381. The van der Waals surface area contributed by atoms with Crippen molar-refractivity contribution in [3.8, 4) is 0 Å². The molecule has 4 nitrogen and oxygen atoms in total. The van der Waals surface area contributed by atoms with Crippen molar-refractivity contribution in [1.29, 1.82) is 0 Å². The third-order valence-electron chi connectivity index (χ3n) is 5.08. The molecule has 1 unspecified atom stereocenters. The molecule has 1 heterocycles. The lowest BCUT2D eigenvalue weighted by molar-refractivity contribution is -0.152. The summed E-state index contributed by atoms with van der Waals surface area (Å²) in [5.74, 6) is -1.01. The number of rotatable bonds is 5. The van der Waals surface area contributed by atoms with Crippen LogP contribution in [0, 0.1) is 0 Å². The van der Waals surface area contributed by atoms with E-state index < -0.39 is 11.5 Å². The summed E-state index contributed by atoms with van der Waals surface area (Å²) in [7, 11) is 1.38. The number of benzene rings is 2. The number of likely N-dealkylation sites (tertiary alicyclic amines) is 1. The summed E-state index contributed by atoms with van der Waals surface area (Å²) in [5.41, 5.74) is 1.01. The fourth-order valence-electron chi connectivity index (χ4n) is 3.66. The molecule has 0 radical (unpaired) electrons. The molecule has 1 N–H and O–H groups in total. The highest BCUT2D eigenvalue weighted by Crippen LogP contribution is 2.38. The van der Waals surface area contributed by atoms with Gasteiger partial charge in [0.2, 0.25) is 0 Å². The van der Waals surface area contributed by atoms with Crippen LogP contribution in [0.5, 0.6) is 0 Å². The van der Waals surface area contributed by atoms with Gasteiger partial charge < -0.3 is 9.84 Å². The zero-order valence-corrected chi connectivity index (χ0v) is 14.6. The molecular formula is C21H25NO3. The third kappa shape index (κ3) is 4.09. The Kier molecular flexibility index (Phi) is 5.51. The number of aliphatic hydroxyl groups is 1. The molecule has 2 aromatic carbocycles. The zero-order chi connectivity index (χ0) is 17.7. The van der Waals surface area contributed by atoms with Crippen LogP contribution in [-0.2, 0) is 16.1 Å². The summed E-state index contributed by atoms with van der Waals surface area (Å²) < 4.78 is 5.00. The summed E-state index contributed by atoms with van der Waals surface area (Å²) in [5, 5.41) is 11.2. The molecule has 1 saturated heterocycles.